The van der Waals surface area contributed by atoms with Crippen molar-refractivity contribution < 1.29 is 138 Å². The first-order chi connectivity index (χ1) is 44.1. The largest absolute Gasteiger partial charge is 0.465 e. The van der Waals surface area contributed by atoms with E-state index in [1.165, 1.54) is 91.4 Å². The third-order valence-electron chi connectivity index (χ3n) is 13.9. The lowest BCUT2D eigenvalue weighted by molar-refractivity contribution is -0.309. The van der Waals surface area contributed by atoms with Gasteiger partial charge in [-0.3, -0.25) is 43.2 Å². The second-order valence-corrected chi connectivity index (χ2v) is 22.4. The van der Waals surface area contributed by atoms with Crippen LogP contribution in [-0.4, -0.2) is 241 Å². The van der Waals surface area contributed by atoms with Gasteiger partial charge in [-0.05, 0) is 6.42 Å². The molecule has 10 atom stereocenters. The summed E-state index contributed by atoms with van der Waals surface area (Å²) in [6.45, 7) is 13.7. The molecular formula is C63H106O29. The SMILES string of the molecule is CCCCCCCCCCCCCCCCOCC(COCCOCCOCCO[C@H]1O[C@H](COC(C)=O)[C@@H](OC(C)=O)[C@H](OC(C)=O)[C@@H]1OC(C)=O)(COCCOCCOCCO[C@H]1O[C@H](COC(C)=O)[C@@H](OC(C)=O)[C@H](OC(C)=O)[C@@H]1OC(C)=O)COC(C)=O. The highest BCUT2D eigenvalue weighted by Gasteiger charge is 2.54. The summed E-state index contributed by atoms with van der Waals surface area (Å²) >= 11 is 0. The molecule has 2 saturated heterocycles. The third-order valence-corrected chi connectivity index (χ3v) is 13.9. The van der Waals surface area contributed by atoms with Crippen LogP contribution in [0, 0.1) is 5.41 Å². The Morgan fingerprint density at radius 3 is 0.870 bits per heavy atom. The van der Waals surface area contributed by atoms with E-state index in [1.807, 2.05) is 0 Å². The number of esters is 9. The Bertz CT molecular complexity index is 1980. The molecule has 92 heavy (non-hydrogen) atoms. The van der Waals surface area contributed by atoms with Gasteiger partial charge in [0.2, 0.25) is 0 Å². The van der Waals surface area contributed by atoms with Gasteiger partial charge in [0.05, 0.1) is 105 Å². The molecule has 0 aromatic heterocycles. The highest BCUT2D eigenvalue weighted by atomic mass is 16.8. The molecule has 0 saturated carbocycles. The quantitative estimate of drug-likeness (QED) is 0.0422. The highest BCUT2D eigenvalue weighted by Crippen LogP contribution is 2.32. The molecular weight excluding hydrogens is 1220 g/mol. The number of ether oxygens (including phenoxy) is 20. The summed E-state index contributed by atoms with van der Waals surface area (Å²) in [6, 6.07) is 0. The van der Waals surface area contributed by atoms with E-state index in [4.69, 9.17) is 94.7 Å². The standard InChI is InChI=1S/C63H106O29/c1-11-12-13-14-15-16-17-18-19-20-21-22-23-24-25-77-40-63(43-84-46(4)66,41-78-32-30-73-26-28-75-34-36-80-61-59(89-51(9)71)57(87-49(7)69)55(85-47(5)67)53(91-61)38-82-44(2)64)42-79-33-31-74-27-29-76-35-37-81-62-60(90-52(10)72)58(88-50(8)70)56(86-48(6)68)54(92-62)39-83-45(3)65/h53-62H,11-43H2,1-10H3/t53-,54-,55-,56-,57+,58+,59+,60+,61+,62+/m1/s1. The number of hydrogen-bond acceptors (Lipinski definition) is 29. The van der Waals surface area contributed by atoms with Crippen LogP contribution in [0.2, 0.25) is 0 Å². The lowest BCUT2D eigenvalue weighted by atomic mass is 9.92. The van der Waals surface area contributed by atoms with Gasteiger partial charge in [0.15, 0.2) is 49.2 Å². The molecule has 29 nitrogen and oxygen atoms in total. The summed E-state index contributed by atoms with van der Waals surface area (Å²) in [6.07, 6.45) is 3.99. The molecule has 0 aromatic carbocycles. The summed E-state index contributed by atoms with van der Waals surface area (Å²) in [5.74, 6) is -6.37. The van der Waals surface area contributed by atoms with Gasteiger partial charge in [-0.15, -0.1) is 0 Å². The lowest BCUT2D eigenvalue weighted by Gasteiger charge is -2.44. The van der Waals surface area contributed by atoms with Crippen LogP contribution >= 0.6 is 0 Å². The summed E-state index contributed by atoms with van der Waals surface area (Å²) in [4.78, 5) is 108. The maximum atomic E-state index is 12.2. The Labute approximate surface area is 541 Å². The van der Waals surface area contributed by atoms with Crippen molar-refractivity contribution in [2.45, 2.75) is 221 Å². The van der Waals surface area contributed by atoms with Crippen LogP contribution in [0.5, 0.6) is 0 Å². The average Bonchev–Trinajstić information content (AvgIpc) is 0.816. The first-order valence-corrected chi connectivity index (χ1v) is 32.1. The number of unbranched alkanes of at least 4 members (excludes halogenated alkanes) is 13. The number of carbonyl (C=O) groups excluding carboxylic acids is 9. The Morgan fingerprint density at radius 2 is 0.554 bits per heavy atom. The van der Waals surface area contributed by atoms with Gasteiger partial charge in [-0.2, -0.15) is 0 Å². The maximum absolute atomic E-state index is 12.2. The zero-order chi connectivity index (χ0) is 67.9. The van der Waals surface area contributed by atoms with Crippen molar-refractivity contribution in [2.24, 2.45) is 5.41 Å². The van der Waals surface area contributed by atoms with Gasteiger partial charge in [-0.1, -0.05) is 90.4 Å². The van der Waals surface area contributed by atoms with Crippen LogP contribution in [-0.2, 0) is 138 Å². The Morgan fingerprint density at radius 1 is 0.283 bits per heavy atom. The van der Waals surface area contributed by atoms with Gasteiger partial charge in [0, 0.05) is 68.9 Å². The molecule has 0 aromatic rings. The average molecular weight is 1330 g/mol. The fourth-order valence-corrected chi connectivity index (χ4v) is 9.74. The molecule has 0 radical (unpaired) electrons. The highest BCUT2D eigenvalue weighted by molar-refractivity contribution is 5.70. The number of rotatable bonds is 53. The predicted molar refractivity (Wildman–Crippen MR) is 321 cm³/mol. The van der Waals surface area contributed by atoms with Crippen LogP contribution in [0.1, 0.15) is 159 Å². The van der Waals surface area contributed by atoms with E-state index in [0.717, 1.165) is 60.8 Å². The van der Waals surface area contributed by atoms with E-state index < -0.39 is 134 Å². The van der Waals surface area contributed by atoms with E-state index in [0.29, 0.717) is 6.61 Å². The van der Waals surface area contributed by atoms with Crippen molar-refractivity contribution in [1.29, 1.82) is 0 Å². The van der Waals surface area contributed by atoms with Crippen molar-refractivity contribution in [3.05, 3.63) is 0 Å². The Hall–Kier alpha value is -5.21. The predicted octanol–water partition coefficient (Wildman–Crippen LogP) is 5.33. The summed E-state index contributed by atoms with van der Waals surface area (Å²) < 4.78 is 113. The molecule has 0 aliphatic carbocycles. The molecule has 0 unspecified atom stereocenters. The van der Waals surface area contributed by atoms with Crippen LogP contribution in [0.3, 0.4) is 0 Å². The van der Waals surface area contributed by atoms with Gasteiger partial charge in [0.1, 0.15) is 32.0 Å². The minimum atomic E-state index is -1.38. The van der Waals surface area contributed by atoms with Crippen molar-refractivity contribution in [3.63, 3.8) is 0 Å². The molecule has 2 aliphatic rings. The second kappa shape index (κ2) is 50.2. The first-order valence-electron chi connectivity index (χ1n) is 32.1. The summed E-state index contributed by atoms with van der Waals surface area (Å²) in [7, 11) is 0. The van der Waals surface area contributed by atoms with Gasteiger partial charge in [-0.25, -0.2) is 0 Å². The second-order valence-electron chi connectivity index (χ2n) is 22.4. The summed E-state index contributed by atoms with van der Waals surface area (Å²) in [5, 5.41) is 0. The third kappa shape index (κ3) is 38.8. The van der Waals surface area contributed by atoms with Crippen LogP contribution in [0.25, 0.3) is 0 Å². The van der Waals surface area contributed by atoms with Gasteiger partial charge < -0.3 is 94.7 Å². The number of carbonyl (C=O) groups is 9. The van der Waals surface area contributed by atoms with E-state index in [1.54, 1.807) is 0 Å². The van der Waals surface area contributed by atoms with Crippen molar-refractivity contribution >= 4 is 53.7 Å². The van der Waals surface area contributed by atoms with E-state index in [-0.39, 0.29) is 106 Å². The molecule has 2 heterocycles. The first kappa shape index (κ1) is 82.9. The Balaban J connectivity index is 1.95. The van der Waals surface area contributed by atoms with Crippen LogP contribution < -0.4 is 0 Å². The number of hydrogen-bond donors (Lipinski definition) is 0. The molecule has 532 valence electrons. The molecule has 0 amide bonds. The Kier molecular flexibility index (Phi) is 45.3. The van der Waals surface area contributed by atoms with Crippen molar-refractivity contribution in [2.75, 3.05) is 126 Å². The van der Waals surface area contributed by atoms with Crippen molar-refractivity contribution in [1.82, 2.24) is 0 Å². The molecule has 2 aliphatic heterocycles. The molecule has 0 spiro atoms. The van der Waals surface area contributed by atoms with Crippen molar-refractivity contribution in [3.8, 4) is 0 Å². The zero-order valence-corrected chi connectivity index (χ0v) is 55.9. The normalized spacial score (nSPS) is 21.3. The van der Waals surface area contributed by atoms with E-state index in [9.17, 15) is 43.2 Å². The molecule has 0 N–H and O–H groups in total. The smallest absolute Gasteiger partial charge is 0.303 e. The van der Waals surface area contributed by atoms with E-state index >= 15 is 0 Å². The van der Waals surface area contributed by atoms with Gasteiger partial charge >= 0.3 is 53.7 Å². The minimum Gasteiger partial charge on any atom is -0.465 e. The lowest BCUT2D eigenvalue weighted by Crippen LogP contribution is -2.63. The molecule has 0 bridgehead atoms. The zero-order valence-electron chi connectivity index (χ0n) is 55.9. The monoisotopic (exact) mass is 1330 g/mol. The molecule has 2 rings (SSSR count). The van der Waals surface area contributed by atoms with Crippen LogP contribution in [0.15, 0.2) is 0 Å². The molecule has 2 fully saturated rings. The fourth-order valence-electron chi connectivity index (χ4n) is 9.74. The van der Waals surface area contributed by atoms with Gasteiger partial charge in [0.25, 0.3) is 0 Å². The minimum absolute atomic E-state index is 0.0202. The van der Waals surface area contributed by atoms with E-state index in [2.05, 4.69) is 6.92 Å². The van der Waals surface area contributed by atoms with Crippen LogP contribution in [0.4, 0.5) is 0 Å². The molecule has 29 heteroatoms. The topological polar surface area (TPSA) is 338 Å². The maximum Gasteiger partial charge on any atom is 0.303 e. The summed E-state index contributed by atoms with van der Waals surface area (Å²) in [5.41, 5.74) is -0.902. The fraction of sp³-hybridized carbons (Fsp3) is 0.857.